The normalized spacial score (nSPS) is 25.5. The molecule has 1 heterocycles. The highest BCUT2D eigenvalue weighted by Crippen LogP contribution is 2.44. The molecule has 116 valence electrons. The first-order valence-corrected chi connectivity index (χ1v) is 9.68. The molecule has 1 aromatic rings. The molecule has 2 atom stereocenters. The van der Waals surface area contributed by atoms with Crippen molar-refractivity contribution in [2.75, 3.05) is 5.33 Å². The van der Waals surface area contributed by atoms with E-state index in [9.17, 15) is 0 Å². The van der Waals surface area contributed by atoms with Crippen molar-refractivity contribution in [1.29, 1.82) is 0 Å². The van der Waals surface area contributed by atoms with E-state index in [2.05, 4.69) is 28.1 Å². The number of benzene rings is 1. The predicted octanol–water partition coefficient (Wildman–Crippen LogP) is 5.78. The first-order valence-electron chi connectivity index (χ1n) is 8.18. The van der Waals surface area contributed by atoms with Gasteiger partial charge in [-0.05, 0) is 56.1 Å². The van der Waals surface area contributed by atoms with Gasteiger partial charge in [0.1, 0.15) is 0 Å². The zero-order valence-corrected chi connectivity index (χ0v) is 14.8. The minimum absolute atomic E-state index is 0.256. The topological polar surface area (TPSA) is 9.23 Å². The summed E-state index contributed by atoms with van der Waals surface area (Å²) >= 11 is 9.98. The summed E-state index contributed by atoms with van der Waals surface area (Å²) in [7, 11) is 0. The van der Waals surface area contributed by atoms with Gasteiger partial charge < -0.3 is 4.74 Å². The molecule has 0 aromatic heterocycles. The van der Waals surface area contributed by atoms with Gasteiger partial charge in [0.2, 0.25) is 0 Å². The number of alkyl halides is 1. The summed E-state index contributed by atoms with van der Waals surface area (Å²) in [6, 6.07) is 8.21. The standard InChI is InChI=1S/C18H24BrClO/c19-13-14(11-15-5-1-2-6-17(15)20)12-16-7-10-18(21-16)8-3-4-9-18/h1-2,5-6,14,16H,3-4,7-13H2. The van der Waals surface area contributed by atoms with Crippen molar-refractivity contribution in [2.45, 2.75) is 63.1 Å². The number of hydrogen-bond acceptors (Lipinski definition) is 1. The molecule has 1 nitrogen and oxygen atoms in total. The van der Waals surface area contributed by atoms with Crippen LogP contribution in [0.3, 0.4) is 0 Å². The number of hydrogen-bond donors (Lipinski definition) is 0. The van der Waals surface area contributed by atoms with Gasteiger partial charge in [-0.15, -0.1) is 0 Å². The van der Waals surface area contributed by atoms with E-state index in [-0.39, 0.29) is 5.60 Å². The van der Waals surface area contributed by atoms with Gasteiger partial charge in [-0.25, -0.2) is 0 Å². The van der Waals surface area contributed by atoms with E-state index < -0.39 is 0 Å². The number of halogens is 2. The average Bonchev–Trinajstić information content (AvgIpc) is 3.11. The van der Waals surface area contributed by atoms with Gasteiger partial charge in [0.05, 0.1) is 11.7 Å². The second-order valence-corrected chi connectivity index (χ2v) is 7.77. The molecule has 1 spiro atoms. The molecule has 0 N–H and O–H groups in total. The van der Waals surface area contributed by atoms with Crippen LogP contribution in [0.1, 0.15) is 50.5 Å². The summed E-state index contributed by atoms with van der Waals surface area (Å²) in [5.74, 6) is 0.603. The summed E-state index contributed by atoms with van der Waals surface area (Å²) < 4.78 is 6.46. The fraction of sp³-hybridized carbons (Fsp3) is 0.667. The van der Waals surface area contributed by atoms with E-state index in [4.69, 9.17) is 16.3 Å². The Bertz CT molecular complexity index is 470. The summed E-state index contributed by atoms with van der Waals surface area (Å²) in [5, 5.41) is 1.91. The Morgan fingerprint density at radius 3 is 2.71 bits per heavy atom. The van der Waals surface area contributed by atoms with Gasteiger partial charge in [-0.3, -0.25) is 0 Å². The maximum atomic E-state index is 6.46. The molecule has 2 fully saturated rings. The summed E-state index contributed by atoms with van der Waals surface area (Å²) in [6.45, 7) is 0. The highest BCUT2D eigenvalue weighted by Gasteiger charge is 2.42. The maximum absolute atomic E-state index is 6.46. The van der Waals surface area contributed by atoms with Crippen LogP contribution in [-0.4, -0.2) is 17.0 Å². The van der Waals surface area contributed by atoms with Crippen molar-refractivity contribution >= 4 is 27.5 Å². The van der Waals surface area contributed by atoms with Gasteiger partial charge in [0.15, 0.2) is 0 Å². The van der Waals surface area contributed by atoms with Crippen molar-refractivity contribution < 1.29 is 4.74 Å². The lowest BCUT2D eigenvalue weighted by atomic mass is 9.93. The molecule has 0 radical (unpaired) electrons. The zero-order chi connectivity index (χ0) is 14.7. The van der Waals surface area contributed by atoms with Crippen LogP contribution in [0, 0.1) is 5.92 Å². The van der Waals surface area contributed by atoms with Crippen molar-refractivity contribution in [3.05, 3.63) is 34.9 Å². The van der Waals surface area contributed by atoms with Crippen LogP contribution in [-0.2, 0) is 11.2 Å². The van der Waals surface area contributed by atoms with E-state index in [1.165, 1.54) is 44.1 Å². The van der Waals surface area contributed by atoms with Crippen LogP contribution in [0.4, 0.5) is 0 Å². The molecular weight excluding hydrogens is 348 g/mol. The third-order valence-electron chi connectivity index (χ3n) is 5.13. The second-order valence-electron chi connectivity index (χ2n) is 6.72. The minimum atomic E-state index is 0.256. The van der Waals surface area contributed by atoms with Crippen LogP contribution in [0.2, 0.25) is 5.02 Å². The Morgan fingerprint density at radius 1 is 1.24 bits per heavy atom. The molecule has 0 bridgehead atoms. The molecule has 1 aliphatic heterocycles. The van der Waals surface area contributed by atoms with Crippen LogP contribution in [0.15, 0.2) is 24.3 Å². The minimum Gasteiger partial charge on any atom is -0.372 e. The molecular formula is C18H24BrClO. The Labute approximate surface area is 141 Å². The van der Waals surface area contributed by atoms with Crippen LogP contribution < -0.4 is 0 Å². The quantitative estimate of drug-likeness (QED) is 0.596. The maximum Gasteiger partial charge on any atom is 0.0687 e. The smallest absolute Gasteiger partial charge is 0.0687 e. The molecule has 1 saturated heterocycles. The summed E-state index contributed by atoms with van der Waals surface area (Å²) in [6.07, 6.45) is 10.4. The van der Waals surface area contributed by atoms with Crippen LogP contribution >= 0.6 is 27.5 Å². The van der Waals surface area contributed by atoms with Gasteiger partial charge in [-0.1, -0.05) is 58.6 Å². The monoisotopic (exact) mass is 370 g/mol. The van der Waals surface area contributed by atoms with Gasteiger partial charge in [0.25, 0.3) is 0 Å². The van der Waals surface area contributed by atoms with Crippen molar-refractivity contribution in [1.82, 2.24) is 0 Å². The molecule has 3 heteroatoms. The molecule has 21 heavy (non-hydrogen) atoms. The van der Waals surface area contributed by atoms with Crippen LogP contribution in [0.25, 0.3) is 0 Å². The third kappa shape index (κ3) is 3.83. The number of ether oxygens (including phenoxy) is 1. The molecule has 1 saturated carbocycles. The molecule has 0 amide bonds. The Balaban J connectivity index is 1.57. The van der Waals surface area contributed by atoms with E-state index in [1.807, 2.05) is 12.1 Å². The zero-order valence-electron chi connectivity index (χ0n) is 12.5. The van der Waals surface area contributed by atoms with E-state index >= 15 is 0 Å². The fourth-order valence-corrected chi connectivity index (χ4v) is 4.70. The third-order valence-corrected chi connectivity index (χ3v) is 6.42. The first-order chi connectivity index (χ1) is 10.2. The van der Waals surface area contributed by atoms with Crippen LogP contribution in [0.5, 0.6) is 0 Å². The predicted molar refractivity (Wildman–Crippen MR) is 92.4 cm³/mol. The lowest BCUT2D eigenvalue weighted by Gasteiger charge is -2.25. The molecule has 2 aliphatic rings. The molecule has 1 aromatic carbocycles. The Hall–Kier alpha value is -0.0500. The lowest BCUT2D eigenvalue weighted by molar-refractivity contribution is -0.0431. The van der Waals surface area contributed by atoms with Gasteiger partial charge in [-0.2, -0.15) is 0 Å². The highest BCUT2D eigenvalue weighted by atomic mass is 79.9. The van der Waals surface area contributed by atoms with Crippen molar-refractivity contribution in [3.63, 3.8) is 0 Å². The van der Waals surface area contributed by atoms with E-state index in [1.54, 1.807) is 0 Å². The Morgan fingerprint density at radius 2 is 2.00 bits per heavy atom. The van der Waals surface area contributed by atoms with E-state index in [0.29, 0.717) is 12.0 Å². The van der Waals surface area contributed by atoms with Gasteiger partial charge >= 0.3 is 0 Å². The second kappa shape index (κ2) is 7.02. The highest BCUT2D eigenvalue weighted by molar-refractivity contribution is 9.09. The molecule has 1 aliphatic carbocycles. The fourth-order valence-electron chi connectivity index (χ4n) is 4.00. The van der Waals surface area contributed by atoms with Crippen molar-refractivity contribution in [2.24, 2.45) is 5.92 Å². The van der Waals surface area contributed by atoms with Gasteiger partial charge in [0, 0.05) is 10.4 Å². The summed E-state index contributed by atoms with van der Waals surface area (Å²) in [4.78, 5) is 0. The molecule has 3 rings (SSSR count). The molecule has 2 unspecified atom stereocenters. The summed E-state index contributed by atoms with van der Waals surface area (Å²) in [5.41, 5.74) is 1.52. The Kier molecular flexibility index (Phi) is 5.29. The SMILES string of the molecule is Clc1ccccc1CC(CBr)CC1CCC2(CCCC2)O1. The lowest BCUT2D eigenvalue weighted by Crippen LogP contribution is -2.26. The van der Waals surface area contributed by atoms with Crippen molar-refractivity contribution in [3.8, 4) is 0 Å². The number of rotatable bonds is 5. The first kappa shape index (κ1) is 15.8. The van der Waals surface area contributed by atoms with E-state index in [0.717, 1.165) is 23.2 Å². The largest absolute Gasteiger partial charge is 0.372 e. The average molecular weight is 372 g/mol.